The summed E-state index contributed by atoms with van der Waals surface area (Å²) in [5.41, 5.74) is 6.50. The number of hydrogen-bond donors (Lipinski definition) is 3. The molecule has 1 fully saturated rings. The topological polar surface area (TPSA) is 109 Å². The first-order valence-corrected chi connectivity index (χ1v) is 8.74. The van der Waals surface area contributed by atoms with Crippen LogP contribution in [0.5, 0.6) is 0 Å². The van der Waals surface area contributed by atoms with E-state index in [-0.39, 0.29) is 17.7 Å². The lowest BCUT2D eigenvalue weighted by Gasteiger charge is -2.41. The molecule has 4 N–H and O–H groups in total. The molecule has 2 bridgehead atoms. The van der Waals surface area contributed by atoms with Crippen LogP contribution in [0.25, 0.3) is 0 Å². The van der Waals surface area contributed by atoms with Gasteiger partial charge in [-0.2, -0.15) is 0 Å². The van der Waals surface area contributed by atoms with Gasteiger partial charge in [-0.05, 0) is 44.1 Å². The minimum atomic E-state index is -0.942. The number of aliphatic carboxylic acids is 1. The maximum atomic E-state index is 12.8. The van der Waals surface area contributed by atoms with Crippen LogP contribution in [0.15, 0.2) is 12.2 Å². The highest BCUT2D eigenvalue weighted by atomic mass is 32.1. The lowest BCUT2D eigenvalue weighted by Crippen LogP contribution is -2.47. The molecule has 7 heteroatoms. The Morgan fingerprint density at radius 1 is 1.17 bits per heavy atom. The van der Waals surface area contributed by atoms with E-state index in [9.17, 15) is 19.5 Å². The molecule has 1 heterocycles. The summed E-state index contributed by atoms with van der Waals surface area (Å²) in [7, 11) is 0. The molecule has 0 unspecified atom stereocenters. The number of rotatable bonds is 4. The highest BCUT2D eigenvalue weighted by molar-refractivity contribution is 7.16. The molecule has 1 saturated carbocycles. The maximum Gasteiger partial charge on any atom is 0.307 e. The molecule has 0 aliphatic heterocycles. The minimum absolute atomic E-state index is 0.0738. The maximum absolute atomic E-state index is 12.8. The molecule has 0 spiro atoms. The highest BCUT2D eigenvalue weighted by Gasteiger charge is 2.48. The number of carboxylic acid groups (broad SMARTS) is 1. The fraction of sp³-hybridized carbons (Fsp3) is 0.471. The first-order valence-electron chi connectivity index (χ1n) is 7.93. The van der Waals surface area contributed by atoms with Gasteiger partial charge in [-0.1, -0.05) is 12.2 Å². The highest BCUT2D eigenvalue weighted by Crippen LogP contribution is 2.45. The van der Waals surface area contributed by atoms with Gasteiger partial charge in [0, 0.05) is 4.88 Å². The van der Waals surface area contributed by atoms with Crippen molar-refractivity contribution in [2.24, 2.45) is 29.4 Å². The van der Waals surface area contributed by atoms with Crippen LogP contribution in [0.3, 0.4) is 0 Å². The molecular weight excluding hydrogens is 328 g/mol. The zero-order valence-corrected chi connectivity index (χ0v) is 14.4. The number of fused-ring (bicyclic) bond motifs is 2. The second kappa shape index (κ2) is 6.05. The number of carbonyl (C=O) groups excluding carboxylic acids is 2. The summed E-state index contributed by atoms with van der Waals surface area (Å²) >= 11 is 1.29. The normalized spacial score (nSPS) is 27.9. The van der Waals surface area contributed by atoms with Gasteiger partial charge in [-0.25, -0.2) is 0 Å². The van der Waals surface area contributed by atoms with E-state index in [1.54, 1.807) is 6.92 Å². The average molecular weight is 348 g/mol. The van der Waals surface area contributed by atoms with Crippen molar-refractivity contribution in [1.82, 2.24) is 0 Å². The number of thiophene rings is 1. The fourth-order valence-electron chi connectivity index (χ4n) is 3.90. The number of primary amides is 1. The lowest BCUT2D eigenvalue weighted by molar-refractivity contribution is -0.151. The van der Waals surface area contributed by atoms with Crippen molar-refractivity contribution in [1.29, 1.82) is 0 Å². The lowest BCUT2D eigenvalue weighted by atomic mass is 9.62. The van der Waals surface area contributed by atoms with Crippen LogP contribution in [0.1, 0.15) is 33.6 Å². The van der Waals surface area contributed by atoms with Crippen molar-refractivity contribution in [2.45, 2.75) is 26.7 Å². The van der Waals surface area contributed by atoms with Crippen molar-refractivity contribution < 1.29 is 19.5 Å². The monoisotopic (exact) mass is 348 g/mol. The van der Waals surface area contributed by atoms with Crippen LogP contribution < -0.4 is 11.1 Å². The molecule has 4 rings (SSSR count). The Morgan fingerprint density at radius 3 is 2.25 bits per heavy atom. The van der Waals surface area contributed by atoms with Gasteiger partial charge in [0.25, 0.3) is 5.91 Å². The number of carboxylic acids is 1. The number of nitrogens with one attached hydrogen (secondary N) is 1. The summed E-state index contributed by atoms with van der Waals surface area (Å²) in [6.45, 7) is 3.64. The number of hydrogen-bond acceptors (Lipinski definition) is 4. The molecule has 24 heavy (non-hydrogen) atoms. The smallest absolute Gasteiger partial charge is 0.307 e. The molecule has 3 aliphatic carbocycles. The molecule has 2 amide bonds. The van der Waals surface area contributed by atoms with E-state index in [2.05, 4.69) is 5.32 Å². The third-order valence-corrected chi connectivity index (χ3v) is 6.33. The van der Waals surface area contributed by atoms with Crippen LogP contribution >= 0.6 is 11.3 Å². The summed E-state index contributed by atoms with van der Waals surface area (Å²) in [4.78, 5) is 37.1. The van der Waals surface area contributed by atoms with Crippen molar-refractivity contribution >= 4 is 34.1 Å². The summed E-state index contributed by atoms with van der Waals surface area (Å²) in [5, 5.41) is 12.7. The Kier molecular flexibility index (Phi) is 4.21. The minimum Gasteiger partial charge on any atom is -0.481 e. The summed E-state index contributed by atoms with van der Waals surface area (Å²) in [6.07, 6.45) is 5.49. The summed E-state index contributed by atoms with van der Waals surface area (Å²) < 4.78 is 0. The van der Waals surface area contributed by atoms with Crippen molar-refractivity contribution in [3.63, 3.8) is 0 Å². The Labute approximate surface area is 143 Å². The van der Waals surface area contributed by atoms with Crippen LogP contribution in [-0.4, -0.2) is 22.9 Å². The van der Waals surface area contributed by atoms with Crippen LogP contribution in [0.2, 0.25) is 0 Å². The van der Waals surface area contributed by atoms with Crippen molar-refractivity contribution in [2.75, 3.05) is 5.32 Å². The molecule has 0 aromatic carbocycles. The molecule has 0 radical (unpaired) electrons. The molecule has 4 atom stereocenters. The molecule has 6 nitrogen and oxygen atoms in total. The standard InChI is InChI=1S/C17H20N2O4S/c1-7-8(2)24-16(11(7)14(18)20)19-15(21)12-9-3-5-10(6-4-9)13(12)17(22)23/h3,5,9-10,12-13H,4,6H2,1-2H3,(H2,18,20)(H,19,21)(H,22,23)/t9-,10-,12-,13+/m0/s1. The molecule has 128 valence electrons. The molecule has 0 saturated heterocycles. The zero-order valence-electron chi connectivity index (χ0n) is 13.5. The Balaban J connectivity index is 1.90. The predicted molar refractivity (Wildman–Crippen MR) is 90.9 cm³/mol. The molecule has 1 aromatic rings. The van der Waals surface area contributed by atoms with E-state index in [0.29, 0.717) is 10.6 Å². The molecule has 3 aliphatic rings. The Bertz CT molecular complexity index is 752. The SMILES string of the molecule is Cc1sc(NC(=O)[C@@H]2[C@H](C(=O)O)[C@H]3C=C[C@H]2CC3)c(C(N)=O)c1C. The third kappa shape index (κ3) is 2.62. The van der Waals surface area contributed by atoms with Gasteiger partial charge < -0.3 is 16.2 Å². The van der Waals surface area contributed by atoms with Gasteiger partial charge in [0.05, 0.1) is 17.4 Å². The number of allylic oxidation sites excluding steroid dienone is 2. The molecular formula is C17H20N2O4S. The quantitative estimate of drug-likeness (QED) is 0.725. The zero-order chi connectivity index (χ0) is 17.6. The summed E-state index contributed by atoms with van der Waals surface area (Å²) in [5.74, 6) is -3.39. The van der Waals surface area contributed by atoms with E-state index in [1.807, 2.05) is 19.1 Å². The van der Waals surface area contributed by atoms with Crippen LogP contribution in [0.4, 0.5) is 5.00 Å². The third-order valence-electron chi connectivity index (χ3n) is 5.20. The summed E-state index contributed by atoms with van der Waals surface area (Å²) in [6, 6.07) is 0. The van der Waals surface area contributed by atoms with E-state index >= 15 is 0 Å². The first-order chi connectivity index (χ1) is 11.3. The van der Waals surface area contributed by atoms with Gasteiger partial charge in [-0.15, -0.1) is 11.3 Å². The van der Waals surface area contributed by atoms with Crippen molar-refractivity contribution in [3.8, 4) is 0 Å². The number of amides is 2. The second-order valence-electron chi connectivity index (χ2n) is 6.52. The van der Waals surface area contributed by atoms with E-state index in [1.165, 1.54) is 11.3 Å². The number of anilines is 1. The predicted octanol–water partition coefficient (Wildman–Crippen LogP) is 2.32. The van der Waals surface area contributed by atoms with E-state index in [0.717, 1.165) is 23.3 Å². The Morgan fingerprint density at radius 2 is 1.75 bits per heavy atom. The number of carbonyl (C=O) groups is 3. The van der Waals surface area contributed by atoms with Gasteiger partial charge >= 0.3 is 5.97 Å². The van der Waals surface area contributed by atoms with E-state index in [4.69, 9.17) is 5.73 Å². The van der Waals surface area contributed by atoms with Gasteiger partial charge in [0.1, 0.15) is 5.00 Å². The van der Waals surface area contributed by atoms with Crippen LogP contribution in [-0.2, 0) is 9.59 Å². The Hall–Kier alpha value is -2.15. The molecule has 1 aromatic heterocycles. The fourth-order valence-corrected chi connectivity index (χ4v) is 4.96. The average Bonchev–Trinajstić information content (AvgIpc) is 2.81. The van der Waals surface area contributed by atoms with Gasteiger partial charge in [0.2, 0.25) is 5.91 Å². The largest absolute Gasteiger partial charge is 0.481 e. The number of aryl methyl sites for hydroxylation is 1. The second-order valence-corrected chi connectivity index (χ2v) is 7.75. The first kappa shape index (κ1) is 16.7. The van der Waals surface area contributed by atoms with Gasteiger partial charge in [0.15, 0.2) is 0 Å². The van der Waals surface area contributed by atoms with Crippen molar-refractivity contribution in [3.05, 3.63) is 28.2 Å². The van der Waals surface area contributed by atoms with E-state index < -0.39 is 23.7 Å². The van der Waals surface area contributed by atoms with Gasteiger partial charge in [-0.3, -0.25) is 14.4 Å². The number of nitrogens with two attached hydrogens (primary N) is 1. The van der Waals surface area contributed by atoms with Crippen LogP contribution in [0, 0.1) is 37.5 Å².